The minimum absolute atomic E-state index is 0.622. The minimum Gasteiger partial charge on any atom is -0.455 e. The predicted molar refractivity (Wildman–Crippen MR) is 213 cm³/mol. The van der Waals surface area contributed by atoms with Gasteiger partial charge in [0.2, 0.25) is 0 Å². The van der Waals surface area contributed by atoms with Crippen molar-refractivity contribution in [2.24, 2.45) is 0 Å². The number of rotatable bonds is 4. The number of para-hydroxylation sites is 1. The molecule has 3 aromatic heterocycles. The average Bonchev–Trinajstić information content (AvgIpc) is 3.78. The second-order valence-corrected chi connectivity index (χ2v) is 13.3. The molecule has 0 amide bonds. The number of benzene rings is 8. The van der Waals surface area contributed by atoms with E-state index in [0.717, 1.165) is 77.1 Å². The van der Waals surface area contributed by atoms with E-state index in [1.807, 2.05) is 36.4 Å². The highest BCUT2D eigenvalue weighted by Gasteiger charge is 2.23. The van der Waals surface area contributed by atoms with Gasteiger partial charge in [0.25, 0.3) is 0 Å². The molecule has 0 aliphatic heterocycles. The summed E-state index contributed by atoms with van der Waals surface area (Å²) in [5.41, 5.74) is 11.0. The van der Waals surface area contributed by atoms with Gasteiger partial charge in [-0.25, -0.2) is 9.97 Å². The number of nitrogens with zero attached hydrogens (tertiary/aromatic N) is 2. The van der Waals surface area contributed by atoms with Gasteiger partial charge in [-0.3, -0.25) is 0 Å². The quantitative estimate of drug-likeness (QED) is 0.188. The molecule has 11 aromatic rings. The lowest BCUT2D eigenvalue weighted by Crippen LogP contribution is -1.95. The molecule has 4 heteroatoms. The third-order valence-electron chi connectivity index (χ3n) is 10.3. The van der Waals surface area contributed by atoms with E-state index in [4.69, 9.17) is 18.8 Å². The van der Waals surface area contributed by atoms with Crippen LogP contribution in [0.25, 0.3) is 110 Å². The molecule has 0 atom stereocenters. The lowest BCUT2D eigenvalue weighted by Gasteiger charge is -2.11. The SMILES string of the molecule is c1ccc(-c2nc(-c3ccc(-c4ccc(-c5cccc6ccccc56)cc4)c4oc5cc6ccccc6cc5c34)nc3c2oc2ccccc23)cc1. The summed E-state index contributed by atoms with van der Waals surface area (Å²) in [5.74, 6) is 0.622. The van der Waals surface area contributed by atoms with Crippen LogP contribution in [0.5, 0.6) is 0 Å². The molecule has 0 fully saturated rings. The van der Waals surface area contributed by atoms with Crippen LogP contribution in [0, 0.1) is 0 Å². The molecule has 0 bridgehead atoms. The Morgan fingerprint density at radius 2 is 1.00 bits per heavy atom. The predicted octanol–water partition coefficient (Wildman–Crippen LogP) is 13.2. The zero-order valence-corrected chi connectivity index (χ0v) is 27.9. The third-order valence-corrected chi connectivity index (χ3v) is 10.3. The summed E-state index contributed by atoms with van der Waals surface area (Å²) in [6.07, 6.45) is 0. The zero-order valence-electron chi connectivity index (χ0n) is 27.9. The van der Waals surface area contributed by atoms with Crippen LogP contribution >= 0.6 is 0 Å². The fourth-order valence-corrected chi connectivity index (χ4v) is 7.79. The summed E-state index contributed by atoms with van der Waals surface area (Å²) in [7, 11) is 0. The molecule has 0 saturated carbocycles. The van der Waals surface area contributed by atoms with Crippen LogP contribution in [-0.4, -0.2) is 9.97 Å². The third kappa shape index (κ3) is 4.41. The molecule has 3 heterocycles. The minimum atomic E-state index is 0.622. The van der Waals surface area contributed by atoms with Crippen molar-refractivity contribution in [2.45, 2.75) is 0 Å². The van der Waals surface area contributed by atoms with E-state index in [2.05, 4.69) is 133 Å². The Morgan fingerprint density at radius 1 is 0.365 bits per heavy atom. The van der Waals surface area contributed by atoms with Gasteiger partial charge in [0.05, 0.1) is 0 Å². The Kier molecular flexibility index (Phi) is 6.22. The Morgan fingerprint density at radius 3 is 1.83 bits per heavy atom. The molecule has 0 N–H and O–H groups in total. The van der Waals surface area contributed by atoms with Crippen LogP contribution in [-0.2, 0) is 0 Å². The molecule has 242 valence electrons. The summed E-state index contributed by atoms with van der Waals surface area (Å²) >= 11 is 0. The van der Waals surface area contributed by atoms with Crippen LogP contribution in [0.1, 0.15) is 0 Å². The summed E-state index contributed by atoms with van der Waals surface area (Å²) in [6.45, 7) is 0. The highest BCUT2D eigenvalue weighted by atomic mass is 16.3. The van der Waals surface area contributed by atoms with Gasteiger partial charge in [-0.1, -0.05) is 133 Å². The molecular weight excluding hydrogens is 637 g/mol. The number of furan rings is 2. The zero-order chi connectivity index (χ0) is 34.2. The fraction of sp³-hybridized carbons (Fsp3) is 0. The van der Waals surface area contributed by atoms with E-state index < -0.39 is 0 Å². The van der Waals surface area contributed by atoms with E-state index in [9.17, 15) is 0 Å². The van der Waals surface area contributed by atoms with Gasteiger partial charge < -0.3 is 8.83 Å². The second-order valence-electron chi connectivity index (χ2n) is 13.3. The first-order chi connectivity index (χ1) is 25.8. The van der Waals surface area contributed by atoms with Gasteiger partial charge >= 0.3 is 0 Å². The molecule has 8 aromatic carbocycles. The fourth-order valence-electron chi connectivity index (χ4n) is 7.79. The summed E-state index contributed by atoms with van der Waals surface area (Å²) in [6, 6.07) is 59.2. The van der Waals surface area contributed by atoms with Crippen LogP contribution in [0.15, 0.2) is 179 Å². The number of aromatic nitrogens is 2. The van der Waals surface area contributed by atoms with Gasteiger partial charge in [0.1, 0.15) is 28.0 Å². The Labute approximate surface area is 298 Å². The van der Waals surface area contributed by atoms with E-state index in [1.165, 1.54) is 21.9 Å². The summed E-state index contributed by atoms with van der Waals surface area (Å²) in [4.78, 5) is 10.5. The van der Waals surface area contributed by atoms with Gasteiger partial charge in [-0.15, -0.1) is 0 Å². The van der Waals surface area contributed by atoms with E-state index in [1.54, 1.807) is 0 Å². The van der Waals surface area contributed by atoms with Crippen LogP contribution < -0.4 is 0 Å². The maximum Gasteiger partial charge on any atom is 0.180 e. The second kappa shape index (κ2) is 11.2. The standard InChI is InChI=1S/C48H28N2O2/c1-2-12-32(13-3-1)44-47-45(38-18-8-9-20-41(38)51-47)50-48(49-44)39-26-25-37(46-43(39)40-27-33-14-4-5-15-34(33)28-42(40)52-46)31-23-21-30(22-24-31)36-19-10-16-29-11-6-7-17-35(29)36/h1-28H. The Balaban J connectivity index is 1.17. The maximum atomic E-state index is 6.86. The van der Waals surface area contributed by atoms with Crippen molar-refractivity contribution in [1.29, 1.82) is 0 Å². The van der Waals surface area contributed by atoms with Crippen molar-refractivity contribution >= 4 is 65.6 Å². The molecule has 0 aliphatic carbocycles. The number of hydrogen-bond donors (Lipinski definition) is 0. The molecule has 0 unspecified atom stereocenters. The Bertz CT molecular complexity index is 3170. The van der Waals surface area contributed by atoms with Crippen molar-refractivity contribution in [2.75, 3.05) is 0 Å². The maximum absolute atomic E-state index is 6.86. The molecule has 0 aliphatic rings. The molecule has 0 radical (unpaired) electrons. The first-order valence-corrected chi connectivity index (χ1v) is 17.5. The molecule has 11 rings (SSSR count). The highest BCUT2D eigenvalue weighted by molar-refractivity contribution is 6.19. The van der Waals surface area contributed by atoms with Crippen molar-refractivity contribution in [3.63, 3.8) is 0 Å². The van der Waals surface area contributed by atoms with Crippen molar-refractivity contribution in [3.8, 4) is 44.9 Å². The highest BCUT2D eigenvalue weighted by Crippen LogP contribution is 2.44. The molecule has 52 heavy (non-hydrogen) atoms. The first kappa shape index (κ1) is 28.8. The van der Waals surface area contributed by atoms with Crippen molar-refractivity contribution in [3.05, 3.63) is 170 Å². The molecule has 0 spiro atoms. The van der Waals surface area contributed by atoms with Crippen LogP contribution in [0.3, 0.4) is 0 Å². The topological polar surface area (TPSA) is 52.1 Å². The van der Waals surface area contributed by atoms with E-state index in [-0.39, 0.29) is 0 Å². The average molecular weight is 665 g/mol. The van der Waals surface area contributed by atoms with Crippen LogP contribution in [0.2, 0.25) is 0 Å². The van der Waals surface area contributed by atoms with Crippen LogP contribution in [0.4, 0.5) is 0 Å². The smallest absolute Gasteiger partial charge is 0.180 e. The summed E-state index contributed by atoms with van der Waals surface area (Å²) in [5, 5.41) is 7.73. The van der Waals surface area contributed by atoms with Crippen molar-refractivity contribution in [1.82, 2.24) is 9.97 Å². The lowest BCUT2D eigenvalue weighted by molar-refractivity contribution is 0.667. The summed E-state index contributed by atoms with van der Waals surface area (Å²) < 4.78 is 13.3. The normalized spacial score (nSPS) is 11.8. The largest absolute Gasteiger partial charge is 0.455 e. The monoisotopic (exact) mass is 664 g/mol. The van der Waals surface area contributed by atoms with Gasteiger partial charge in [-0.2, -0.15) is 0 Å². The number of fused-ring (bicyclic) bond motifs is 8. The van der Waals surface area contributed by atoms with Gasteiger partial charge in [0, 0.05) is 32.8 Å². The molecule has 0 saturated heterocycles. The van der Waals surface area contributed by atoms with Gasteiger partial charge in [-0.05, 0) is 74.6 Å². The lowest BCUT2D eigenvalue weighted by atomic mass is 9.94. The number of hydrogen-bond acceptors (Lipinski definition) is 4. The van der Waals surface area contributed by atoms with Gasteiger partial charge in [0.15, 0.2) is 11.4 Å². The van der Waals surface area contributed by atoms with E-state index in [0.29, 0.717) is 11.4 Å². The first-order valence-electron chi connectivity index (χ1n) is 17.5. The molecule has 4 nitrogen and oxygen atoms in total. The molecular formula is C48H28N2O2. The van der Waals surface area contributed by atoms with Crippen molar-refractivity contribution < 1.29 is 8.83 Å². The Hall–Kier alpha value is -7.04. The van der Waals surface area contributed by atoms with E-state index >= 15 is 0 Å².